The van der Waals surface area contributed by atoms with Crippen molar-refractivity contribution in [2.75, 3.05) is 6.54 Å². The molecule has 0 saturated carbocycles. The Morgan fingerprint density at radius 2 is 1.81 bits per heavy atom. The molecule has 21 heavy (non-hydrogen) atoms. The minimum Gasteiger partial charge on any atom is -0.392 e. The highest BCUT2D eigenvalue weighted by Gasteiger charge is 2.26. The zero-order chi connectivity index (χ0) is 16.4. The van der Waals surface area contributed by atoms with Crippen LogP contribution in [0.3, 0.4) is 0 Å². The zero-order valence-electron chi connectivity index (χ0n) is 13.8. The SMILES string of the molecule is Cc1cc(CO)cc(S(=O)(=O)NCC(C)(C)C(C)C)c1C. The second-order valence-electron chi connectivity index (χ2n) is 6.66. The van der Waals surface area contributed by atoms with E-state index < -0.39 is 10.0 Å². The Morgan fingerprint density at radius 1 is 1.24 bits per heavy atom. The number of nitrogens with one attached hydrogen (secondary N) is 1. The zero-order valence-corrected chi connectivity index (χ0v) is 14.6. The van der Waals surface area contributed by atoms with Crippen molar-refractivity contribution in [3.63, 3.8) is 0 Å². The molecule has 0 unspecified atom stereocenters. The summed E-state index contributed by atoms with van der Waals surface area (Å²) in [6, 6.07) is 3.36. The fourth-order valence-corrected chi connectivity index (χ4v) is 3.42. The Kier molecular flexibility index (Phi) is 5.58. The molecule has 0 amide bonds. The van der Waals surface area contributed by atoms with Crippen molar-refractivity contribution in [1.29, 1.82) is 0 Å². The Bertz CT molecular complexity index is 604. The number of hydrogen-bond acceptors (Lipinski definition) is 3. The van der Waals surface area contributed by atoms with Gasteiger partial charge in [-0.3, -0.25) is 0 Å². The van der Waals surface area contributed by atoms with E-state index in [1.165, 1.54) is 0 Å². The number of aryl methyl sites for hydroxylation is 1. The van der Waals surface area contributed by atoms with Crippen LogP contribution in [0.5, 0.6) is 0 Å². The number of benzene rings is 1. The van der Waals surface area contributed by atoms with Crippen LogP contribution in [0.1, 0.15) is 44.4 Å². The Labute approximate surface area is 128 Å². The van der Waals surface area contributed by atoms with Crippen LogP contribution in [0.25, 0.3) is 0 Å². The van der Waals surface area contributed by atoms with Gasteiger partial charge in [0.1, 0.15) is 0 Å². The predicted molar refractivity (Wildman–Crippen MR) is 85.6 cm³/mol. The second-order valence-corrected chi connectivity index (χ2v) is 8.40. The van der Waals surface area contributed by atoms with E-state index in [1.807, 2.05) is 26.8 Å². The molecular weight excluding hydrogens is 286 g/mol. The first-order valence-electron chi connectivity index (χ1n) is 7.22. The third-order valence-corrected chi connectivity index (χ3v) is 5.96. The molecule has 0 bridgehead atoms. The van der Waals surface area contributed by atoms with Gasteiger partial charge in [0, 0.05) is 6.54 Å². The summed E-state index contributed by atoms with van der Waals surface area (Å²) in [5.74, 6) is 0.367. The number of hydrogen-bond donors (Lipinski definition) is 2. The molecule has 0 atom stereocenters. The van der Waals surface area contributed by atoms with Crippen LogP contribution in [0.15, 0.2) is 17.0 Å². The van der Waals surface area contributed by atoms with Crippen LogP contribution in [-0.4, -0.2) is 20.1 Å². The van der Waals surface area contributed by atoms with Gasteiger partial charge in [-0.15, -0.1) is 0 Å². The first-order chi connectivity index (χ1) is 9.51. The topological polar surface area (TPSA) is 66.4 Å². The van der Waals surface area contributed by atoms with Crippen LogP contribution in [0.4, 0.5) is 0 Å². The Balaban J connectivity index is 3.12. The Hall–Kier alpha value is -0.910. The summed E-state index contributed by atoms with van der Waals surface area (Å²) in [5, 5.41) is 9.26. The van der Waals surface area contributed by atoms with Gasteiger partial charge < -0.3 is 5.11 Å². The lowest BCUT2D eigenvalue weighted by atomic mass is 9.81. The normalized spacial score (nSPS) is 13.0. The van der Waals surface area contributed by atoms with Gasteiger partial charge in [-0.2, -0.15) is 0 Å². The van der Waals surface area contributed by atoms with Gasteiger partial charge in [0.05, 0.1) is 11.5 Å². The summed E-state index contributed by atoms with van der Waals surface area (Å²) in [5.41, 5.74) is 2.08. The highest BCUT2D eigenvalue weighted by atomic mass is 32.2. The maximum absolute atomic E-state index is 12.5. The minimum absolute atomic E-state index is 0.120. The van der Waals surface area contributed by atoms with Crippen LogP contribution in [0.2, 0.25) is 0 Å². The standard InChI is InChI=1S/C16H27NO3S/c1-11(2)16(5,6)10-17-21(19,20)15-8-14(9-18)7-12(3)13(15)4/h7-8,11,17-18H,9-10H2,1-6H3. The average Bonchev–Trinajstić information content (AvgIpc) is 2.39. The summed E-state index contributed by atoms with van der Waals surface area (Å²) in [7, 11) is -3.57. The van der Waals surface area contributed by atoms with Crippen molar-refractivity contribution in [3.05, 3.63) is 28.8 Å². The van der Waals surface area contributed by atoms with Crippen LogP contribution >= 0.6 is 0 Å². The van der Waals surface area contributed by atoms with Gasteiger partial charge in [-0.1, -0.05) is 33.8 Å². The number of aliphatic hydroxyl groups excluding tert-OH is 1. The van der Waals surface area contributed by atoms with E-state index in [0.717, 1.165) is 11.1 Å². The monoisotopic (exact) mass is 313 g/mol. The molecule has 0 aliphatic heterocycles. The lowest BCUT2D eigenvalue weighted by molar-refractivity contribution is 0.252. The minimum atomic E-state index is -3.57. The van der Waals surface area contributed by atoms with Crippen molar-refractivity contribution in [2.24, 2.45) is 11.3 Å². The lowest BCUT2D eigenvalue weighted by Gasteiger charge is -2.29. The molecular formula is C16H27NO3S. The van der Waals surface area contributed by atoms with Crippen molar-refractivity contribution in [1.82, 2.24) is 4.72 Å². The van der Waals surface area contributed by atoms with Gasteiger partial charge in [-0.05, 0) is 47.9 Å². The first kappa shape index (κ1) is 18.1. The average molecular weight is 313 g/mol. The molecule has 2 N–H and O–H groups in total. The van der Waals surface area contributed by atoms with Gasteiger partial charge in [0.2, 0.25) is 10.0 Å². The van der Waals surface area contributed by atoms with Crippen molar-refractivity contribution >= 4 is 10.0 Å². The molecule has 1 aromatic carbocycles. The highest BCUT2D eigenvalue weighted by molar-refractivity contribution is 7.89. The maximum Gasteiger partial charge on any atom is 0.240 e. The predicted octanol–water partition coefficient (Wildman–Crippen LogP) is 2.76. The highest BCUT2D eigenvalue weighted by Crippen LogP contribution is 2.26. The molecule has 1 aromatic rings. The van der Waals surface area contributed by atoms with Crippen LogP contribution < -0.4 is 4.72 Å². The van der Waals surface area contributed by atoms with Crippen molar-refractivity contribution < 1.29 is 13.5 Å². The maximum atomic E-state index is 12.5. The summed E-state index contributed by atoms with van der Waals surface area (Å²) in [6.07, 6.45) is 0. The summed E-state index contributed by atoms with van der Waals surface area (Å²) >= 11 is 0. The Morgan fingerprint density at radius 3 is 2.29 bits per heavy atom. The second kappa shape index (κ2) is 6.46. The van der Waals surface area contributed by atoms with Gasteiger partial charge in [-0.25, -0.2) is 13.1 Å². The van der Waals surface area contributed by atoms with E-state index in [-0.39, 0.29) is 16.9 Å². The van der Waals surface area contributed by atoms with E-state index in [4.69, 9.17) is 0 Å². The van der Waals surface area contributed by atoms with E-state index in [1.54, 1.807) is 13.0 Å². The van der Waals surface area contributed by atoms with Crippen LogP contribution in [0, 0.1) is 25.2 Å². The summed E-state index contributed by atoms with van der Waals surface area (Å²) in [6.45, 7) is 12.1. The molecule has 5 heteroatoms. The molecule has 0 spiro atoms. The fourth-order valence-electron chi connectivity index (χ4n) is 1.83. The van der Waals surface area contributed by atoms with E-state index >= 15 is 0 Å². The van der Waals surface area contributed by atoms with Crippen molar-refractivity contribution in [2.45, 2.75) is 53.0 Å². The molecule has 0 heterocycles. The van der Waals surface area contributed by atoms with E-state index in [9.17, 15) is 13.5 Å². The molecule has 4 nitrogen and oxygen atoms in total. The molecule has 0 radical (unpaired) electrons. The van der Waals surface area contributed by atoms with Gasteiger partial charge in [0.25, 0.3) is 0 Å². The number of rotatable bonds is 6. The van der Waals surface area contributed by atoms with Crippen LogP contribution in [-0.2, 0) is 16.6 Å². The number of aliphatic hydroxyl groups is 1. The fraction of sp³-hybridized carbons (Fsp3) is 0.625. The molecule has 0 saturated heterocycles. The summed E-state index contributed by atoms with van der Waals surface area (Å²) in [4.78, 5) is 0.256. The largest absolute Gasteiger partial charge is 0.392 e. The third kappa shape index (κ3) is 4.28. The third-order valence-electron chi connectivity index (χ3n) is 4.43. The molecule has 0 aromatic heterocycles. The van der Waals surface area contributed by atoms with E-state index in [2.05, 4.69) is 18.6 Å². The molecule has 1 rings (SSSR count). The smallest absolute Gasteiger partial charge is 0.240 e. The van der Waals surface area contributed by atoms with E-state index in [0.29, 0.717) is 18.0 Å². The van der Waals surface area contributed by atoms with Crippen molar-refractivity contribution in [3.8, 4) is 0 Å². The molecule has 120 valence electrons. The van der Waals surface area contributed by atoms with Gasteiger partial charge in [0.15, 0.2) is 0 Å². The first-order valence-corrected chi connectivity index (χ1v) is 8.70. The lowest BCUT2D eigenvalue weighted by Crippen LogP contribution is -2.37. The molecule has 0 fully saturated rings. The molecule has 0 aliphatic carbocycles. The quantitative estimate of drug-likeness (QED) is 0.848. The number of sulfonamides is 1. The molecule has 0 aliphatic rings. The summed E-state index contributed by atoms with van der Waals surface area (Å²) < 4.78 is 27.8. The van der Waals surface area contributed by atoms with Gasteiger partial charge >= 0.3 is 0 Å².